The summed E-state index contributed by atoms with van der Waals surface area (Å²) in [5.74, 6) is 0.259. The van der Waals surface area contributed by atoms with Crippen LogP contribution in [0.25, 0.3) is 10.8 Å². The van der Waals surface area contributed by atoms with E-state index in [1.54, 1.807) is 13.1 Å². The van der Waals surface area contributed by atoms with Crippen molar-refractivity contribution in [2.45, 2.75) is 39.0 Å². The van der Waals surface area contributed by atoms with E-state index in [1.807, 2.05) is 13.0 Å². The van der Waals surface area contributed by atoms with Crippen LogP contribution in [-0.2, 0) is 10.9 Å². The van der Waals surface area contributed by atoms with Crippen LogP contribution < -0.4 is 10.2 Å². The number of pyridine rings is 1. The van der Waals surface area contributed by atoms with Crippen LogP contribution in [0.4, 0.5) is 29.2 Å². The minimum Gasteiger partial charge on any atom is -0.378 e. The molecular formula is C25H28F4N6O. The van der Waals surface area contributed by atoms with Gasteiger partial charge in [-0.25, -0.2) is 9.37 Å². The third-order valence-electron chi connectivity index (χ3n) is 7.13. The third-order valence-corrected chi connectivity index (χ3v) is 7.13. The zero-order chi connectivity index (χ0) is 25.6. The number of hydrogen-bond acceptors (Lipinski definition) is 7. The van der Waals surface area contributed by atoms with Crippen molar-refractivity contribution >= 4 is 22.4 Å². The fourth-order valence-corrected chi connectivity index (χ4v) is 5.12. The van der Waals surface area contributed by atoms with E-state index < -0.39 is 23.6 Å². The SMILES string of the molecule is Cc1c([C@@H](C)Nc2nnc(C)c3cnc(N4CCN5CCOC[C@@H]5C4)cc23)cc(F)cc1C(F)(F)F. The van der Waals surface area contributed by atoms with Crippen LogP contribution in [0.5, 0.6) is 0 Å². The molecule has 2 fully saturated rings. The molecule has 2 atom stereocenters. The highest BCUT2D eigenvalue weighted by atomic mass is 19.4. The number of anilines is 2. The summed E-state index contributed by atoms with van der Waals surface area (Å²) >= 11 is 0. The first-order valence-corrected chi connectivity index (χ1v) is 12.0. The van der Waals surface area contributed by atoms with Gasteiger partial charge >= 0.3 is 6.18 Å². The number of hydrogen-bond donors (Lipinski definition) is 1. The Labute approximate surface area is 206 Å². The average molecular weight is 505 g/mol. The summed E-state index contributed by atoms with van der Waals surface area (Å²) in [4.78, 5) is 9.31. The summed E-state index contributed by atoms with van der Waals surface area (Å²) in [7, 11) is 0. The zero-order valence-corrected chi connectivity index (χ0v) is 20.4. The van der Waals surface area contributed by atoms with E-state index in [-0.39, 0.29) is 11.1 Å². The minimum atomic E-state index is -4.65. The monoisotopic (exact) mass is 504 g/mol. The molecule has 2 saturated heterocycles. The first-order valence-electron chi connectivity index (χ1n) is 12.0. The molecule has 0 saturated carbocycles. The fourth-order valence-electron chi connectivity index (χ4n) is 5.12. The molecule has 7 nitrogen and oxygen atoms in total. The number of alkyl halides is 3. The Kier molecular flexibility index (Phi) is 6.46. The molecular weight excluding hydrogens is 476 g/mol. The predicted octanol–water partition coefficient (Wildman–Crippen LogP) is 4.49. The number of rotatable bonds is 4. The molecule has 3 aromatic rings. The molecule has 0 spiro atoms. The predicted molar refractivity (Wildman–Crippen MR) is 129 cm³/mol. The molecule has 0 bridgehead atoms. The van der Waals surface area contributed by atoms with Crippen LogP contribution in [0.1, 0.15) is 35.3 Å². The smallest absolute Gasteiger partial charge is 0.378 e. The maximum atomic E-state index is 14.1. The van der Waals surface area contributed by atoms with Gasteiger partial charge in [0.05, 0.1) is 36.6 Å². The standard InChI is InChI=1S/C25H28F4N6O/c1-14-19(8-17(26)9-22(14)25(27,28)29)15(2)31-24-20-10-23(30-11-21(20)16(3)32-33-24)35-5-4-34-6-7-36-13-18(34)12-35/h8-11,15,18H,4-7,12-13H2,1-3H3,(H,31,33)/t15-,18+/m1/s1. The van der Waals surface area contributed by atoms with Gasteiger partial charge in [-0.05, 0) is 50.1 Å². The maximum absolute atomic E-state index is 14.1. The Hall–Kier alpha value is -3.05. The summed E-state index contributed by atoms with van der Waals surface area (Å²) in [6.45, 7) is 9.77. The number of piperazine rings is 1. The number of nitrogens with one attached hydrogen (secondary N) is 1. The van der Waals surface area contributed by atoms with Gasteiger partial charge < -0.3 is 15.0 Å². The van der Waals surface area contributed by atoms with Gasteiger partial charge in [0.25, 0.3) is 0 Å². The van der Waals surface area contributed by atoms with E-state index in [1.165, 1.54) is 6.92 Å². The van der Waals surface area contributed by atoms with Crippen molar-refractivity contribution in [3.8, 4) is 0 Å². The summed E-state index contributed by atoms with van der Waals surface area (Å²) in [6, 6.07) is 3.25. The Bertz CT molecular complexity index is 1280. The highest BCUT2D eigenvalue weighted by Crippen LogP contribution is 2.37. The second-order valence-corrected chi connectivity index (χ2v) is 9.46. The molecule has 0 aliphatic carbocycles. The van der Waals surface area contributed by atoms with Crippen LogP contribution in [0.2, 0.25) is 0 Å². The van der Waals surface area contributed by atoms with Crippen LogP contribution in [0.15, 0.2) is 24.4 Å². The average Bonchev–Trinajstić information content (AvgIpc) is 2.85. The molecule has 36 heavy (non-hydrogen) atoms. The summed E-state index contributed by atoms with van der Waals surface area (Å²) in [5.41, 5.74) is -0.110. The second kappa shape index (κ2) is 9.44. The van der Waals surface area contributed by atoms with E-state index in [2.05, 4.69) is 30.3 Å². The van der Waals surface area contributed by atoms with Crippen molar-refractivity contribution in [3.05, 3.63) is 52.6 Å². The number of morpholine rings is 1. The molecule has 0 unspecified atom stereocenters. The quantitative estimate of drug-likeness (QED) is 0.525. The third kappa shape index (κ3) is 4.69. The molecule has 11 heteroatoms. The van der Waals surface area contributed by atoms with E-state index >= 15 is 0 Å². The Balaban J connectivity index is 1.47. The number of ether oxygens (including phenoxy) is 1. The van der Waals surface area contributed by atoms with Crippen LogP contribution in [0.3, 0.4) is 0 Å². The molecule has 0 radical (unpaired) electrons. The van der Waals surface area contributed by atoms with Crippen molar-refractivity contribution in [3.63, 3.8) is 0 Å². The number of aromatic nitrogens is 3. The number of fused-ring (bicyclic) bond motifs is 2. The first-order chi connectivity index (χ1) is 17.1. The second-order valence-electron chi connectivity index (χ2n) is 9.46. The normalized spacial score (nSPS) is 19.9. The zero-order valence-electron chi connectivity index (χ0n) is 20.4. The van der Waals surface area contributed by atoms with Crippen LogP contribution in [-0.4, -0.2) is 65.5 Å². The lowest BCUT2D eigenvalue weighted by molar-refractivity contribution is -0.138. The summed E-state index contributed by atoms with van der Waals surface area (Å²) in [6.07, 6.45) is -2.89. The molecule has 5 rings (SSSR count). The van der Waals surface area contributed by atoms with Gasteiger partial charge in [0, 0.05) is 43.1 Å². The van der Waals surface area contributed by atoms with Crippen molar-refractivity contribution in [2.24, 2.45) is 0 Å². The van der Waals surface area contributed by atoms with Gasteiger partial charge in [-0.1, -0.05) is 0 Å². The van der Waals surface area contributed by atoms with Crippen LogP contribution >= 0.6 is 0 Å². The topological polar surface area (TPSA) is 66.4 Å². The lowest BCUT2D eigenvalue weighted by Crippen LogP contribution is -2.58. The summed E-state index contributed by atoms with van der Waals surface area (Å²) in [5, 5.41) is 13.2. The molecule has 0 amide bonds. The largest absolute Gasteiger partial charge is 0.416 e. The highest BCUT2D eigenvalue weighted by Gasteiger charge is 2.35. The van der Waals surface area contributed by atoms with Gasteiger partial charge in [-0.2, -0.15) is 18.3 Å². The van der Waals surface area contributed by atoms with Gasteiger partial charge in [0.15, 0.2) is 5.82 Å². The Morgan fingerprint density at radius 3 is 2.67 bits per heavy atom. The number of halogens is 4. The molecule has 2 aliphatic rings. The maximum Gasteiger partial charge on any atom is 0.416 e. The fraction of sp³-hybridized carbons (Fsp3) is 0.480. The molecule has 192 valence electrons. The first kappa shape index (κ1) is 24.6. The van der Waals surface area contributed by atoms with Crippen LogP contribution in [0, 0.1) is 19.7 Å². The van der Waals surface area contributed by atoms with E-state index in [4.69, 9.17) is 4.74 Å². The molecule has 2 aromatic heterocycles. The highest BCUT2D eigenvalue weighted by molar-refractivity contribution is 5.94. The lowest BCUT2D eigenvalue weighted by atomic mass is 9.96. The van der Waals surface area contributed by atoms with Crippen molar-refractivity contribution in [2.75, 3.05) is 49.6 Å². The van der Waals surface area contributed by atoms with Gasteiger partial charge in [-0.3, -0.25) is 4.90 Å². The van der Waals surface area contributed by atoms with Crippen molar-refractivity contribution in [1.82, 2.24) is 20.1 Å². The number of aryl methyl sites for hydroxylation is 1. The minimum absolute atomic E-state index is 0.0248. The van der Waals surface area contributed by atoms with E-state index in [9.17, 15) is 17.6 Å². The summed E-state index contributed by atoms with van der Waals surface area (Å²) < 4.78 is 60.1. The molecule has 1 N–H and O–H groups in total. The molecule has 4 heterocycles. The Morgan fingerprint density at radius 1 is 1.08 bits per heavy atom. The Morgan fingerprint density at radius 2 is 1.89 bits per heavy atom. The lowest BCUT2D eigenvalue weighted by Gasteiger charge is -2.44. The van der Waals surface area contributed by atoms with Crippen molar-refractivity contribution in [1.29, 1.82) is 0 Å². The van der Waals surface area contributed by atoms with Gasteiger partial charge in [0.2, 0.25) is 0 Å². The molecule has 2 aliphatic heterocycles. The van der Waals surface area contributed by atoms with Gasteiger partial charge in [-0.15, -0.1) is 5.10 Å². The molecule has 1 aromatic carbocycles. The number of benzene rings is 1. The van der Waals surface area contributed by atoms with E-state index in [0.29, 0.717) is 30.2 Å². The van der Waals surface area contributed by atoms with E-state index in [0.717, 1.165) is 55.4 Å². The number of nitrogens with zero attached hydrogens (tertiary/aromatic N) is 5. The van der Waals surface area contributed by atoms with Gasteiger partial charge in [0.1, 0.15) is 11.6 Å². The van der Waals surface area contributed by atoms with Crippen molar-refractivity contribution < 1.29 is 22.3 Å².